The van der Waals surface area contributed by atoms with Crippen LogP contribution in [0.1, 0.15) is 47.4 Å². The number of hydrogen-bond acceptors (Lipinski definition) is 4. The van der Waals surface area contributed by atoms with Crippen LogP contribution in [0.25, 0.3) is 0 Å². The molecule has 2 aromatic heterocycles. The number of hydrogen-bond donors (Lipinski definition) is 1. The molecule has 1 N–H and O–H groups in total. The second-order valence-corrected chi connectivity index (χ2v) is 5.91. The maximum Gasteiger partial charge on any atom is 0.257 e. The fourth-order valence-electron chi connectivity index (χ4n) is 2.66. The van der Waals surface area contributed by atoms with Gasteiger partial charge in [-0.25, -0.2) is 4.98 Å². The van der Waals surface area contributed by atoms with E-state index in [1.165, 1.54) is 6.07 Å². The van der Waals surface area contributed by atoms with Crippen LogP contribution in [0.3, 0.4) is 0 Å². The summed E-state index contributed by atoms with van der Waals surface area (Å²) >= 11 is 0. The molecule has 0 aromatic carbocycles. The van der Waals surface area contributed by atoms with Gasteiger partial charge in [0.15, 0.2) is 5.43 Å². The lowest BCUT2D eigenvalue weighted by Crippen LogP contribution is -2.29. The molecule has 2 heterocycles. The summed E-state index contributed by atoms with van der Waals surface area (Å²) in [5, 5.41) is 2.79. The standard InChI is InChI=1S/C18H21N3O3/c1-3-24-18-13(5-4-8-19-18)10-20-17(23)15-11-21(14-6-7-14)12(2)9-16(15)22/h4-5,8-9,11,14H,3,6-7,10H2,1-2H3,(H,20,23). The quantitative estimate of drug-likeness (QED) is 0.883. The SMILES string of the molecule is CCOc1ncccc1CNC(=O)c1cn(C2CC2)c(C)cc1=O. The maximum absolute atomic E-state index is 12.4. The molecule has 1 aliphatic carbocycles. The Morgan fingerprint density at radius 1 is 1.46 bits per heavy atom. The average molecular weight is 327 g/mol. The van der Waals surface area contributed by atoms with Gasteiger partial charge in [0.05, 0.1) is 6.61 Å². The zero-order valence-electron chi connectivity index (χ0n) is 13.9. The van der Waals surface area contributed by atoms with Crippen molar-refractivity contribution in [1.82, 2.24) is 14.9 Å². The van der Waals surface area contributed by atoms with E-state index in [1.54, 1.807) is 18.5 Å². The molecule has 0 saturated heterocycles. The third-order valence-electron chi connectivity index (χ3n) is 4.04. The number of carbonyl (C=O) groups excluding carboxylic acids is 1. The van der Waals surface area contributed by atoms with E-state index in [0.29, 0.717) is 18.5 Å². The first-order valence-corrected chi connectivity index (χ1v) is 8.17. The summed E-state index contributed by atoms with van der Waals surface area (Å²) < 4.78 is 7.46. The van der Waals surface area contributed by atoms with E-state index in [4.69, 9.17) is 4.74 Å². The van der Waals surface area contributed by atoms with Crippen LogP contribution in [-0.4, -0.2) is 22.1 Å². The van der Waals surface area contributed by atoms with Crippen molar-refractivity contribution in [3.05, 3.63) is 57.6 Å². The molecule has 0 atom stereocenters. The Kier molecular flexibility index (Phi) is 4.64. The van der Waals surface area contributed by atoms with Gasteiger partial charge in [-0.1, -0.05) is 6.07 Å². The van der Waals surface area contributed by atoms with Gasteiger partial charge >= 0.3 is 0 Å². The average Bonchev–Trinajstić information content (AvgIpc) is 3.39. The zero-order valence-corrected chi connectivity index (χ0v) is 13.9. The van der Waals surface area contributed by atoms with Crippen molar-refractivity contribution in [3.8, 4) is 5.88 Å². The van der Waals surface area contributed by atoms with Crippen molar-refractivity contribution in [3.63, 3.8) is 0 Å². The van der Waals surface area contributed by atoms with E-state index in [0.717, 1.165) is 24.1 Å². The van der Waals surface area contributed by atoms with Crippen LogP contribution >= 0.6 is 0 Å². The summed E-state index contributed by atoms with van der Waals surface area (Å²) in [5.74, 6) is 0.125. The summed E-state index contributed by atoms with van der Waals surface area (Å²) in [6.07, 6.45) is 5.51. The Labute approximate surface area is 140 Å². The van der Waals surface area contributed by atoms with E-state index in [-0.39, 0.29) is 23.4 Å². The number of aromatic nitrogens is 2. The molecule has 24 heavy (non-hydrogen) atoms. The second kappa shape index (κ2) is 6.86. The first kappa shape index (κ1) is 16.2. The van der Waals surface area contributed by atoms with Crippen molar-refractivity contribution in [1.29, 1.82) is 0 Å². The molecule has 0 radical (unpaired) electrons. The lowest BCUT2D eigenvalue weighted by Gasteiger charge is -2.12. The van der Waals surface area contributed by atoms with Crippen LogP contribution in [0, 0.1) is 6.92 Å². The van der Waals surface area contributed by atoms with Crippen LogP contribution in [0.2, 0.25) is 0 Å². The Balaban J connectivity index is 1.76. The van der Waals surface area contributed by atoms with Crippen LogP contribution in [-0.2, 0) is 6.54 Å². The van der Waals surface area contributed by atoms with E-state index in [1.807, 2.05) is 24.5 Å². The lowest BCUT2D eigenvalue weighted by atomic mass is 10.2. The summed E-state index contributed by atoms with van der Waals surface area (Å²) in [5.41, 5.74) is 1.60. The number of nitrogens with zero attached hydrogens (tertiary/aromatic N) is 2. The Hall–Kier alpha value is -2.63. The molecule has 1 fully saturated rings. The Bertz CT molecular complexity index is 809. The fraction of sp³-hybridized carbons (Fsp3) is 0.389. The molecule has 0 bridgehead atoms. The fourth-order valence-corrected chi connectivity index (χ4v) is 2.66. The van der Waals surface area contributed by atoms with Crippen molar-refractivity contribution in [2.75, 3.05) is 6.61 Å². The molecular formula is C18H21N3O3. The highest BCUT2D eigenvalue weighted by atomic mass is 16.5. The molecular weight excluding hydrogens is 306 g/mol. The molecule has 2 aromatic rings. The smallest absolute Gasteiger partial charge is 0.257 e. The highest BCUT2D eigenvalue weighted by molar-refractivity contribution is 5.93. The van der Waals surface area contributed by atoms with Gasteiger partial charge in [-0.15, -0.1) is 0 Å². The normalized spacial score (nSPS) is 13.6. The van der Waals surface area contributed by atoms with Crippen molar-refractivity contribution in [2.24, 2.45) is 0 Å². The summed E-state index contributed by atoms with van der Waals surface area (Å²) in [7, 11) is 0. The van der Waals surface area contributed by atoms with Gasteiger partial charge in [0.2, 0.25) is 5.88 Å². The number of amides is 1. The van der Waals surface area contributed by atoms with Crippen molar-refractivity contribution in [2.45, 2.75) is 39.3 Å². The van der Waals surface area contributed by atoms with Gasteiger partial charge in [-0.3, -0.25) is 9.59 Å². The van der Waals surface area contributed by atoms with E-state index >= 15 is 0 Å². The van der Waals surface area contributed by atoms with Crippen LogP contribution in [0.4, 0.5) is 0 Å². The highest BCUT2D eigenvalue weighted by Gasteiger charge is 2.25. The predicted octanol–water partition coefficient (Wildman–Crippen LogP) is 2.22. The van der Waals surface area contributed by atoms with Gasteiger partial charge in [-0.05, 0) is 32.8 Å². The van der Waals surface area contributed by atoms with Gasteiger partial charge in [0.25, 0.3) is 5.91 Å². The highest BCUT2D eigenvalue weighted by Crippen LogP contribution is 2.35. The lowest BCUT2D eigenvalue weighted by molar-refractivity contribution is 0.0948. The number of aryl methyl sites for hydroxylation is 1. The van der Waals surface area contributed by atoms with Gasteiger partial charge in [0, 0.05) is 42.3 Å². The Morgan fingerprint density at radius 2 is 2.25 bits per heavy atom. The monoisotopic (exact) mass is 327 g/mol. The van der Waals surface area contributed by atoms with Crippen molar-refractivity contribution >= 4 is 5.91 Å². The number of carbonyl (C=O) groups is 1. The van der Waals surface area contributed by atoms with Crippen LogP contribution in [0.15, 0.2) is 35.4 Å². The summed E-state index contributed by atoms with van der Waals surface area (Å²) in [4.78, 5) is 28.7. The van der Waals surface area contributed by atoms with Crippen LogP contribution < -0.4 is 15.5 Å². The molecule has 0 unspecified atom stereocenters. The predicted molar refractivity (Wildman–Crippen MR) is 90.3 cm³/mol. The Morgan fingerprint density at radius 3 is 2.96 bits per heavy atom. The van der Waals surface area contributed by atoms with E-state index < -0.39 is 0 Å². The number of pyridine rings is 2. The molecule has 3 rings (SSSR count). The minimum absolute atomic E-state index is 0.175. The van der Waals surface area contributed by atoms with E-state index in [9.17, 15) is 9.59 Å². The largest absolute Gasteiger partial charge is 0.478 e. The minimum Gasteiger partial charge on any atom is -0.478 e. The molecule has 1 aliphatic rings. The number of rotatable bonds is 6. The molecule has 6 heteroatoms. The topological polar surface area (TPSA) is 73.2 Å². The van der Waals surface area contributed by atoms with E-state index in [2.05, 4.69) is 10.3 Å². The van der Waals surface area contributed by atoms with Gasteiger partial charge in [0.1, 0.15) is 5.56 Å². The second-order valence-electron chi connectivity index (χ2n) is 5.91. The van der Waals surface area contributed by atoms with Gasteiger partial charge < -0.3 is 14.6 Å². The minimum atomic E-state index is -0.374. The molecule has 1 amide bonds. The van der Waals surface area contributed by atoms with Crippen molar-refractivity contribution < 1.29 is 9.53 Å². The van der Waals surface area contributed by atoms with Crippen LogP contribution in [0.5, 0.6) is 5.88 Å². The molecule has 6 nitrogen and oxygen atoms in total. The third kappa shape index (κ3) is 3.48. The third-order valence-corrected chi connectivity index (χ3v) is 4.04. The molecule has 0 aliphatic heterocycles. The first-order chi connectivity index (χ1) is 11.6. The summed E-state index contributed by atoms with van der Waals surface area (Å²) in [6, 6.07) is 5.58. The molecule has 1 saturated carbocycles. The zero-order chi connectivity index (χ0) is 17.1. The molecule has 126 valence electrons. The number of nitrogens with one attached hydrogen (secondary N) is 1. The van der Waals surface area contributed by atoms with Gasteiger partial charge in [-0.2, -0.15) is 0 Å². The first-order valence-electron chi connectivity index (χ1n) is 8.17. The molecule has 0 spiro atoms. The number of ether oxygens (including phenoxy) is 1. The summed E-state index contributed by atoms with van der Waals surface area (Å²) in [6.45, 7) is 4.54. The maximum atomic E-state index is 12.4.